The molecule has 0 aliphatic carbocycles. The number of aromatic carboxylic acids is 1. The number of nitrogens with zero attached hydrogens (tertiary/aromatic N) is 2. The molecule has 0 saturated carbocycles. The van der Waals surface area contributed by atoms with E-state index in [0.29, 0.717) is 16.6 Å². The lowest BCUT2D eigenvalue weighted by atomic mass is 10.1. The van der Waals surface area contributed by atoms with Gasteiger partial charge in [0.1, 0.15) is 11.5 Å². The zero-order valence-corrected chi connectivity index (χ0v) is 20.9. The fourth-order valence-corrected chi connectivity index (χ4v) is 4.20. The third kappa shape index (κ3) is 4.25. The lowest BCUT2D eigenvalue weighted by Gasteiger charge is -2.12. The van der Waals surface area contributed by atoms with Crippen LogP contribution in [0.5, 0.6) is 11.5 Å². The van der Waals surface area contributed by atoms with Crippen LogP contribution in [-0.2, 0) is 18.8 Å². The highest BCUT2D eigenvalue weighted by Gasteiger charge is 2.23. The molecular weight excluding hydrogens is 515 g/mol. The normalized spacial score (nSPS) is 10.7. The van der Waals surface area contributed by atoms with Gasteiger partial charge in [-0.1, -0.05) is 35.3 Å². The number of methoxy groups -OCH3 is 1. The SMILES string of the molecule is COC(=O)c1c(O)c2c(Cl)cccc2n(C)c1=O.Cc1ccc2c(c(O)c(C(=O)O)c(=O)n2C)c1Cl. The second kappa shape index (κ2) is 9.92. The van der Waals surface area contributed by atoms with Crippen LogP contribution in [0.2, 0.25) is 10.0 Å². The Bertz CT molecular complexity index is 1690. The third-order valence-corrected chi connectivity index (χ3v) is 6.42. The van der Waals surface area contributed by atoms with Gasteiger partial charge >= 0.3 is 11.9 Å². The largest absolute Gasteiger partial charge is 0.506 e. The van der Waals surface area contributed by atoms with Crippen molar-refractivity contribution < 1.29 is 29.6 Å². The molecule has 0 amide bonds. The number of fused-ring (bicyclic) bond motifs is 2. The van der Waals surface area contributed by atoms with Gasteiger partial charge in [0.25, 0.3) is 11.1 Å². The van der Waals surface area contributed by atoms with Crippen molar-refractivity contribution >= 4 is 56.9 Å². The van der Waals surface area contributed by atoms with Crippen LogP contribution in [0.1, 0.15) is 26.3 Å². The number of aryl methyl sites for hydroxylation is 3. The molecule has 3 N–H and O–H groups in total. The molecule has 0 unspecified atom stereocenters. The number of benzene rings is 2. The summed E-state index contributed by atoms with van der Waals surface area (Å²) in [5.74, 6) is -3.41. The van der Waals surface area contributed by atoms with Crippen molar-refractivity contribution in [3.63, 3.8) is 0 Å². The van der Waals surface area contributed by atoms with Gasteiger partial charge in [-0.2, -0.15) is 0 Å². The van der Waals surface area contributed by atoms with Gasteiger partial charge in [0, 0.05) is 14.1 Å². The minimum atomic E-state index is -1.48. The summed E-state index contributed by atoms with van der Waals surface area (Å²) in [5, 5.41) is 29.9. The predicted molar refractivity (Wildman–Crippen MR) is 135 cm³/mol. The maximum atomic E-state index is 12.0. The van der Waals surface area contributed by atoms with E-state index in [9.17, 15) is 29.4 Å². The zero-order chi connectivity index (χ0) is 27.1. The Hall–Kier alpha value is -4.02. The molecule has 0 aliphatic heterocycles. The number of pyridine rings is 2. The molecule has 0 spiro atoms. The van der Waals surface area contributed by atoms with E-state index < -0.39 is 45.7 Å². The molecule has 2 heterocycles. The quantitative estimate of drug-likeness (QED) is 0.330. The molecule has 0 fully saturated rings. The van der Waals surface area contributed by atoms with Crippen molar-refractivity contribution in [1.29, 1.82) is 0 Å². The summed E-state index contributed by atoms with van der Waals surface area (Å²) in [7, 11) is 4.06. The van der Waals surface area contributed by atoms with E-state index in [1.807, 2.05) is 0 Å². The maximum absolute atomic E-state index is 12.0. The van der Waals surface area contributed by atoms with Gasteiger partial charge in [-0.05, 0) is 30.7 Å². The Morgan fingerprint density at radius 1 is 0.861 bits per heavy atom. The van der Waals surface area contributed by atoms with Crippen LogP contribution >= 0.6 is 23.2 Å². The maximum Gasteiger partial charge on any atom is 0.347 e. The summed E-state index contributed by atoms with van der Waals surface area (Å²) in [6.07, 6.45) is 0. The Labute approximate surface area is 213 Å². The van der Waals surface area contributed by atoms with E-state index in [4.69, 9.17) is 28.3 Å². The summed E-state index contributed by atoms with van der Waals surface area (Å²) in [6, 6.07) is 8.16. The molecule has 4 aromatic rings. The topological polar surface area (TPSA) is 148 Å². The monoisotopic (exact) mass is 534 g/mol. The molecule has 2 aromatic carbocycles. The average molecular weight is 535 g/mol. The second-order valence-electron chi connectivity index (χ2n) is 7.70. The van der Waals surface area contributed by atoms with Crippen molar-refractivity contribution in [1.82, 2.24) is 9.13 Å². The van der Waals surface area contributed by atoms with E-state index >= 15 is 0 Å². The van der Waals surface area contributed by atoms with Crippen molar-refractivity contribution in [3.05, 3.63) is 77.8 Å². The summed E-state index contributed by atoms with van der Waals surface area (Å²) in [6.45, 7) is 1.73. The number of hydrogen-bond acceptors (Lipinski definition) is 7. The fraction of sp³-hybridized carbons (Fsp3) is 0.167. The zero-order valence-electron chi connectivity index (χ0n) is 19.4. The highest BCUT2D eigenvalue weighted by atomic mass is 35.5. The van der Waals surface area contributed by atoms with Gasteiger partial charge in [0.05, 0.1) is 39.0 Å². The van der Waals surface area contributed by atoms with Crippen molar-refractivity contribution in [2.45, 2.75) is 6.92 Å². The first-order valence-corrected chi connectivity index (χ1v) is 10.9. The first kappa shape index (κ1) is 26.6. The highest BCUT2D eigenvalue weighted by molar-refractivity contribution is 6.37. The van der Waals surface area contributed by atoms with E-state index in [1.165, 1.54) is 18.7 Å². The van der Waals surface area contributed by atoms with E-state index in [-0.39, 0.29) is 20.8 Å². The van der Waals surface area contributed by atoms with Gasteiger partial charge in [-0.15, -0.1) is 0 Å². The van der Waals surface area contributed by atoms with Crippen LogP contribution in [0.15, 0.2) is 39.9 Å². The molecule has 0 saturated heterocycles. The van der Waals surface area contributed by atoms with Crippen molar-refractivity contribution in [2.24, 2.45) is 14.1 Å². The standard InChI is InChI=1S/2C12H10ClNO4/c1-14-7-5-3-4-6(13)8(7)10(15)9(11(14)16)12(17)18-2;1-5-3-4-6-7(9(5)13)10(15)8(12(17)18)11(16)14(6)2/h3-5,15H,1-2H3;3-4,15H,1-2H3,(H,17,18). The number of carboxylic acids is 1. The molecule has 12 heteroatoms. The highest BCUT2D eigenvalue weighted by Crippen LogP contribution is 2.34. The molecule has 188 valence electrons. The molecule has 0 radical (unpaired) electrons. The number of carbonyl (C=O) groups excluding carboxylic acids is 1. The molecular formula is C24H20Cl2N2O8. The molecule has 0 atom stereocenters. The van der Waals surface area contributed by atoms with Gasteiger partial charge < -0.3 is 29.2 Å². The average Bonchev–Trinajstić information content (AvgIpc) is 2.82. The fourth-order valence-electron chi connectivity index (χ4n) is 3.69. The van der Waals surface area contributed by atoms with E-state index in [2.05, 4.69) is 4.74 Å². The minimum absolute atomic E-state index is 0.177. The number of aromatic nitrogens is 2. The third-order valence-electron chi connectivity index (χ3n) is 5.61. The number of halogens is 2. The Balaban J connectivity index is 0.000000201. The summed E-state index contributed by atoms with van der Waals surface area (Å²) in [5.41, 5.74) is -0.968. The van der Waals surface area contributed by atoms with Crippen molar-refractivity contribution in [2.75, 3.05) is 7.11 Å². The summed E-state index contributed by atoms with van der Waals surface area (Å²) >= 11 is 12.0. The van der Waals surface area contributed by atoms with Crippen LogP contribution in [-0.4, -0.2) is 43.5 Å². The summed E-state index contributed by atoms with van der Waals surface area (Å²) in [4.78, 5) is 46.3. The second-order valence-corrected chi connectivity index (χ2v) is 8.48. The number of ether oxygens (including phenoxy) is 1. The number of hydrogen-bond donors (Lipinski definition) is 3. The predicted octanol–water partition coefficient (Wildman–Crippen LogP) is 3.59. The van der Waals surface area contributed by atoms with Crippen molar-refractivity contribution in [3.8, 4) is 11.5 Å². The van der Waals surface area contributed by atoms with Gasteiger partial charge in [-0.25, -0.2) is 9.59 Å². The van der Waals surface area contributed by atoms with Crippen LogP contribution < -0.4 is 11.1 Å². The molecule has 2 aromatic heterocycles. The summed E-state index contributed by atoms with van der Waals surface area (Å²) < 4.78 is 6.89. The van der Waals surface area contributed by atoms with E-state index in [0.717, 1.165) is 11.7 Å². The number of carbonyl (C=O) groups is 2. The Kier molecular flexibility index (Phi) is 7.33. The Morgan fingerprint density at radius 3 is 1.94 bits per heavy atom. The number of rotatable bonds is 2. The molecule has 4 rings (SSSR count). The first-order valence-electron chi connectivity index (χ1n) is 10.2. The lowest BCUT2D eigenvalue weighted by Crippen LogP contribution is -2.25. The first-order chi connectivity index (χ1) is 16.8. The molecule has 36 heavy (non-hydrogen) atoms. The lowest BCUT2D eigenvalue weighted by molar-refractivity contribution is 0.0594. The molecule has 0 bridgehead atoms. The molecule has 10 nitrogen and oxygen atoms in total. The minimum Gasteiger partial charge on any atom is -0.506 e. The van der Waals surface area contributed by atoms with Crippen LogP contribution in [0.4, 0.5) is 0 Å². The van der Waals surface area contributed by atoms with Crippen LogP contribution in [0, 0.1) is 6.92 Å². The van der Waals surface area contributed by atoms with Gasteiger partial charge in [-0.3, -0.25) is 9.59 Å². The van der Waals surface area contributed by atoms with Gasteiger partial charge in [0.15, 0.2) is 11.1 Å². The Morgan fingerprint density at radius 2 is 1.39 bits per heavy atom. The van der Waals surface area contributed by atoms with E-state index in [1.54, 1.807) is 37.3 Å². The van der Waals surface area contributed by atoms with Crippen LogP contribution in [0.25, 0.3) is 21.8 Å². The molecule has 0 aliphatic rings. The number of esters is 1. The van der Waals surface area contributed by atoms with Gasteiger partial charge in [0.2, 0.25) is 0 Å². The number of carboxylic acid groups (broad SMARTS) is 1. The van der Waals surface area contributed by atoms with Crippen LogP contribution in [0.3, 0.4) is 0 Å². The number of aromatic hydroxyl groups is 2. The smallest absolute Gasteiger partial charge is 0.347 e.